The summed E-state index contributed by atoms with van der Waals surface area (Å²) >= 11 is 0. The van der Waals surface area contributed by atoms with Gasteiger partial charge >= 0.3 is 0 Å². The van der Waals surface area contributed by atoms with Gasteiger partial charge in [0.25, 0.3) is 5.91 Å². The second-order valence-corrected chi connectivity index (χ2v) is 8.42. The van der Waals surface area contributed by atoms with Gasteiger partial charge in [0, 0.05) is 30.0 Å². The maximum Gasteiger partial charge on any atom is 0.256 e. The van der Waals surface area contributed by atoms with E-state index in [1.807, 2.05) is 30.3 Å². The van der Waals surface area contributed by atoms with Gasteiger partial charge in [0.1, 0.15) is 0 Å². The van der Waals surface area contributed by atoms with E-state index < -0.39 is 0 Å². The van der Waals surface area contributed by atoms with Crippen LogP contribution in [-0.4, -0.2) is 19.0 Å². The molecule has 4 rings (SSSR count). The zero-order valence-corrected chi connectivity index (χ0v) is 18.4. The Morgan fingerprint density at radius 2 is 1.60 bits per heavy atom. The van der Waals surface area contributed by atoms with Crippen molar-refractivity contribution in [3.8, 4) is 11.1 Å². The molecule has 3 heteroatoms. The number of anilines is 2. The lowest BCUT2D eigenvalue weighted by atomic mass is 9.97. The minimum atomic E-state index is -0.0606. The molecule has 1 heterocycles. The van der Waals surface area contributed by atoms with E-state index in [1.165, 1.54) is 29.7 Å². The molecule has 0 saturated carbocycles. The first-order valence-corrected chi connectivity index (χ1v) is 10.8. The second kappa shape index (κ2) is 8.35. The van der Waals surface area contributed by atoms with Crippen LogP contribution in [0, 0.1) is 27.7 Å². The van der Waals surface area contributed by atoms with Gasteiger partial charge in [0.15, 0.2) is 0 Å². The van der Waals surface area contributed by atoms with E-state index in [4.69, 9.17) is 0 Å². The van der Waals surface area contributed by atoms with Crippen molar-refractivity contribution in [1.29, 1.82) is 0 Å². The summed E-state index contributed by atoms with van der Waals surface area (Å²) in [7, 11) is 0. The minimum Gasteiger partial charge on any atom is -0.371 e. The third-order valence-corrected chi connectivity index (χ3v) is 6.09. The predicted octanol–water partition coefficient (Wildman–Crippen LogP) is 6.44. The molecule has 3 aromatic carbocycles. The van der Waals surface area contributed by atoms with Crippen LogP contribution >= 0.6 is 0 Å². The quantitative estimate of drug-likeness (QED) is 0.548. The highest BCUT2D eigenvalue weighted by Gasteiger charge is 2.21. The number of amides is 1. The molecule has 0 spiro atoms. The van der Waals surface area contributed by atoms with Crippen molar-refractivity contribution in [1.82, 2.24) is 0 Å². The van der Waals surface area contributed by atoms with Gasteiger partial charge in [0.2, 0.25) is 0 Å². The molecule has 0 aromatic heterocycles. The molecule has 0 aliphatic carbocycles. The van der Waals surface area contributed by atoms with Crippen LogP contribution < -0.4 is 10.2 Å². The Bertz CT molecular complexity index is 1090. The molecular formula is C27H30N2O. The van der Waals surface area contributed by atoms with Gasteiger partial charge in [-0.25, -0.2) is 0 Å². The largest absolute Gasteiger partial charge is 0.371 e. The summed E-state index contributed by atoms with van der Waals surface area (Å²) in [5.41, 5.74) is 9.67. The van der Waals surface area contributed by atoms with Gasteiger partial charge in [-0.15, -0.1) is 0 Å². The Kier molecular flexibility index (Phi) is 5.63. The average Bonchev–Trinajstić information content (AvgIpc) is 3.25. The number of nitrogens with zero attached hydrogens (tertiary/aromatic N) is 1. The van der Waals surface area contributed by atoms with E-state index in [1.54, 1.807) is 0 Å². The van der Waals surface area contributed by atoms with Crippen LogP contribution in [0.15, 0.2) is 54.6 Å². The summed E-state index contributed by atoms with van der Waals surface area (Å²) in [4.78, 5) is 15.8. The third-order valence-electron chi connectivity index (χ3n) is 6.09. The smallest absolute Gasteiger partial charge is 0.256 e. The molecule has 1 N–H and O–H groups in total. The Balaban J connectivity index is 1.71. The first-order chi connectivity index (χ1) is 14.5. The van der Waals surface area contributed by atoms with E-state index in [0.29, 0.717) is 5.56 Å². The van der Waals surface area contributed by atoms with Crippen molar-refractivity contribution in [2.45, 2.75) is 40.5 Å². The fourth-order valence-electron chi connectivity index (χ4n) is 4.72. The van der Waals surface area contributed by atoms with Gasteiger partial charge < -0.3 is 10.2 Å². The molecule has 0 bridgehead atoms. The molecule has 1 aliphatic rings. The van der Waals surface area contributed by atoms with Crippen molar-refractivity contribution in [3.05, 3.63) is 82.4 Å². The normalized spacial score (nSPS) is 13.5. The molecule has 1 aliphatic heterocycles. The lowest BCUT2D eigenvalue weighted by molar-refractivity contribution is 0.102. The third kappa shape index (κ3) is 3.85. The Morgan fingerprint density at radius 1 is 0.867 bits per heavy atom. The lowest BCUT2D eigenvalue weighted by Crippen LogP contribution is -2.22. The molecular weight excluding hydrogens is 368 g/mol. The number of aryl methyl sites for hydroxylation is 3. The van der Waals surface area contributed by atoms with Crippen molar-refractivity contribution < 1.29 is 4.79 Å². The molecule has 1 amide bonds. The molecule has 0 radical (unpaired) electrons. The van der Waals surface area contributed by atoms with E-state index >= 15 is 0 Å². The first kappa shape index (κ1) is 20.2. The fraction of sp³-hybridized carbons (Fsp3) is 0.296. The van der Waals surface area contributed by atoms with Crippen LogP contribution in [0.25, 0.3) is 11.1 Å². The second-order valence-electron chi connectivity index (χ2n) is 8.42. The van der Waals surface area contributed by atoms with Crippen LogP contribution in [0.3, 0.4) is 0 Å². The molecule has 30 heavy (non-hydrogen) atoms. The van der Waals surface area contributed by atoms with E-state index in [-0.39, 0.29) is 5.91 Å². The van der Waals surface area contributed by atoms with Gasteiger partial charge in [-0.2, -0.15) is 0 Å². The maximum absolute atomic E-state index is 13.4. The van der Waals surface area contributed by atoms with Crippen molar-refractivity contribution in [2.75, 3.05) is 23.3 Å². The Labute approximate surface area is 179 Å². The lowest BCUT2D eigenvalue weighted by Gasteiger charge is -2.26. The highest BCUT2D eigenvalue weighted by molar-refractivity contribution is 6.09. The number of nitrogens with one attached hydrogen (secondary N) is 1. The average molecular weight is 399 g/mol. The summed E-state index contributed by atoms with van der Waals surface area (Å²) in [5, 5.41) is 3.25. The van der Waals surface area contributed by atoms with E-state index in [0.717, 1.165) is 41.0 Å². The molecule has 0 unspecified atom stereocenters. The molecule has 154 valence electrons. The zero-order valence-electron chi connectivity index (χ0n) is 18.4. The summed E-state index contributed by atoms with van der Waals surface area (Å²) in [6.45, 7) is 10.6. The molecule has 3 aromatic rings. The number of rotatable bonds is 4. The number of carbonyl (C=O) groups excluding carboxylic acids is 1. The van der Waals surface area contributed by atoms with Gasteiger partial charge in [0.05, 0.1) is 0 Å². The highest BCUT2D eigenvalue weighted by atomic mass is 16.1. The SMILES string of the molecule is Cc1cccc(-c2ccccc2C(=O)Nc2c(C)cc(C)c(N3CCCC3)c2C)c1. The summed E-state index contributed by atoms with van der Waals surface area (Å²) in [5.74, 6) is -0.0606. The summed E-state index contributed by atoms with van der Waals surface area (Å²) in [6, 6.07) is 18.3. The molecule has 3 nitrogen and oxygen atoms in total. The number of hydrogen-bond acceptors (Lipinski definition) is 2. The number of carbonyl (C=O) groups is 1. The van der Waals surface area contributed by atoms with Crippen LogP contribution in [0.1, 0.15) is 45.5 Å². The van der Waals surface area contributed by atoms with Gasteiger partial charge in [-0.3, -0.25) is 4.79 Å². The van der Waals surface area contributed by atoms with Crippen LogP contribution in [0.4, 0.5) is 11.4 Å². The first-order valence-electron chi connectivity index (χ1n) is 10.8. The highest BCUT2D eigenvalue weighted by Crippen LogP contribution is 2.36. The van der Waals surface area contributed by atoms with Crippen molar-refractivity contribution in [3.63, 3.8) is 0 Å². The molecule has 1 fully saturated rings. The van der Waals surface area contributed by atoms with E-state index in [2.05, 4.69) is 62.2 Å². The summed E-state index contributed by atoms with van der Waals surface area (Å²) in [6.07, 6.45) is 2.47. The van der Waals surface area contributed by atoms with Crippen molar-refractivity contribution >= 4 is 17.3 Å². The minimum absolute atomic E-state index is 0.0606. The fourth-order valence-corrected chi connectivity index (χ4v) is 4.72. The van der Waals surface area contributed by atoms with Crippen LogP contribution in [0.5, 0.6) is 0 Å². The number of hydrogen-bond donors (Lipinski definition) is 1. The van der Waals surface area contributed by atoms with Crippen molar-refractivity contribution in [2.24, 2.45) is 0 Å². The van der Waals surface area contributed by atoms with Crippen LogP contribution in [0.2, 0.25) is 0 Å². The van der Waals surface area contributed by atoms with E-state index in [9.17, 15) is 4.79 Å². The van der Waals surface area contributed by atoms with Crippen LogP contribution in [-0.2, 0) is 0 Å². The summed E-state index contributed by atoms with van der Waals surface area (Å²) < 4.78 is 0. The maximum atomic E-state index is 13.4. The monoisotopic (exact) mass is 398 g/mol. The molecule has 1 saturated heterocycles. The van der Waals surface area contributed by atoms with Gasteiger partial charge in [-0.1, -0.05) is 54.1 Å². The molecule has 0 atom stereocenters. The Hall–Kier alpha value is -3.07. The zero-order chi connectivity index (χ0) is 21.3. The Morgan fingerprint density at radius 3 is 2.33 bits per heavy atom. The number of benzene rings is 3. The predicted molar refractivity (Wildman–Crippen MR) is 127 cm³/mol. The van der Waals surface area contributed by atoms with Gasteiger partial charge in [-0.05, 0) is 74.4 Å². The topological polar surface area (TPSA) is 32.3 Å². The standard InChI is InChI=1S/C27H30N2O/c1-18-10-9-11-22(16-18)23-12-5-6-13-24(23)27(30)28-25-19(2)17-20(3)26(21(25)4)29-14-7-8-15-29/h5-6,9-13,16-17H,7-8,14-15H2,1-4H3,(H,28,30).